The highest BCUT2D eigenvalue weighted by atomic mass is 16.5. The number of benzene rings is 2. The molecule has 0 unspecified atom stereocenters. The topological polar surface area (TPSA) is 64.6 Å². The Morgan fingerprint density at radius 1 is 1.08 bits per heavy atom. The van der Waals surface area contributed by atoms with Gasteiger partial charge in [-0.25, -0.2) is 0 Å². The summed E-state index contributed by atoms with van der Waals surface area (Å²) in [5.41, 5.74) is 1.51. The second-order valence-corrected chi connectivity index (χ2v) is 6.91. The zero-order chi connectivity index (χ0) is 18.1. The van der Waals surface area contributed by atoms with E-state index in [1.807, 2.05) is 55.5 Å². The maximum Gasteiger partial charge on any atom is 0.318 e. The van der Waals surface area contributed by atoms with Crippen LogP contribution in [0.15, 0.2) is 48.5 Å². The molecule has 2 aromatic rings. The third-order valence-corrected chi connectivity index (χ3v) is 4.98. The lowest BCUT2D eigenvalue weighted by molar-refractivity contribution is -0.149. The van der Waals surface area contributed by atoms with Gasteiger partial charge in [-0.3, -0.25) is 9.59 Å². The van der Waals surface area contributed by atoms with E-state index in [2.05, 4.69) is 5.32 Å². The molecule has 26 heavy (non-hydrogen) atoms. The van der Waals surface area contributed by atoms with Gasteiger partial charge >= 0.3 is 5.97 Å². The summed E-state index contributed by atoms with van der Waals surface area (Å²) in [5.74, 6) is 0.544. The second kappa shape index (κ2) is 6.83. The Hall–Kier alpha value is -2.82. The van der Waals surface area contributed by atoms with E-state index in [1.165, 1.54) is 0 Å². The van der Waals surface area contributed by atoms with E-state index < -0.39 is 11.9 Å². The molecule has 134 valence electrons. The molecule has 0 bridgehead atoms. The van der Waals surface area contributed by atoms with Crippen molar-refractivity contribution < 1.29 is 19.1 Å². The number of para-hydroxylation sites is 2. The van der Waals surface area contributed by atoms with Crippen LogP contribution in [-0.4, -0.2) is 24.5 Å². The van der Waals surface area contributed by atoms with Crippen LogP contribution in [0.2, 0.25) is 0 Å². The van der Waals surface area contributed by atoms with Crippen molar-refractivity contribution in [3.05, 3.63) is 59.7 Å². The summed E-state index contributed by atoms with van der Waals surface area (Å²) in [6.07, 6.45) is 2.30. The fourth-order valence-electron chi connectivity index (χ4n) is 3.39. The Bertz CT molecular complexity index is 798. The van der Waals surface area contributed by atoms with Gasteiger partial charge in [0.25, 0.3) is 5.91 Å². The minimum absolute atomic E-state index is 0.130. The first-order chi connectivity index (χ1) is 12.6. The first kappa shape index (κ1) is 16.6. The van der Waals surface area contributed by atoms with E-state index >= 15 is 0 Å². The Morgan fingerprint density at radius 3 is 2.23 bits per heavy atom. The van der Waals surface area contributed by atoms with Gasteiger partial charge in [-0.05, 0) is 37.8 Å². The molecule has 1 aliphatic carbocycles. The third kappa shape index (κ3) is 3.29. The van der Waals surface area contributed by atoms with Gasteiger partial charge in [-0.15, -0.1) is 0 Å². The largest absolute Gasteiger partial charge is 0.457 e. The van der Waals surface area contributed by atoms with E-state index in [0.29, 0.717) is 17.4 Å². The second-order valence-electron chi connectivity index (χ2n) is 6.91. The first-order valence-electron chi connectivity index (χ1n) is 8.95. The summed E-state index contributed by atoms with van der Waals surface area (Å²) in [5, 5.41) is 2.90. The molecule has 4 rings (SSSR count). The molecular formula is C21H21NO4. The lowest BCUT2D eigenvalue weighted by atomic mass is 9.88. The SMILES string of the molecule is C[C@H](NC(=O)COC(=O)C1c2ccccc2Oc2ccccc21)C1CC1. The summed E-state index contributed by atoms with van der Waals surface area (Å²) in [7, 11) is 0. The lowest BCUT2D eigenvalue weighted by Gasteiger charge is -2.26. The van der Waals surface area contributed by atoms with E-state index in [9.17, 15) is 9.59 Å². The quantitative estimate of drug-likeness (QED) is 0.839. The molecule has 1 amide bonds. The number of hydrogen-bond acceptors (Lipinski definition) is 4. The van der Waals surface area contributed by atoms with Crippen molar-refractivity contribution >= 4 is 11.9 Å². The number of rotatable bonds is 5. The van der Waals surface area contributed by atoms with Gasteiger partial charge in [0.15, 0.2) is 6.61 Å². The smallest absolute Gasteiger partial charge is 0.318 e. The van der Waals surface area contributed by atoms with Crippen molar-refractivity contribution in [1.29, 1.82) is 0 Å². The van der Waals surface area contributed by atoms with Crippen molar-refractivity contribution in [2.75, 3.05) is 6.61 Å². The van der Waals surface area contributed by atoms with Gasteiger partial charge in [0, 0.05) is 17.2 Å². The fourth-order valence-corrected chi connectivity index (χ4v) is 3.39. The van der Waals surface area contributed by atoms with E-state index in [-0.39, 0.29) is 18.6 Å². The molecule has 5 nitrogen and oxygen atoms in total. The average Bonchev–Trinajstić information content (AvgIpc) is 3.49. The number of carbonyl (C=O) groups is 2. The van der Waals surface area contributed by atoms with Crippen LogP contribution in [0.1, 0.15) is 36.8 Å². The number of nitrogens with one attached hydrogen (secondary N) is 1. The van der Waals surface area contributed by atoms with Crippen molar-refractivity contribution in [2.24, 2.45) is 5.92 Å². The number of carbonyl (C=O) groups excluding carboxylic acids is 2. The van der Waals surface area contributed by atoms with Crippen LogP contribution in [0.25, 0.3) is 0 Å². The summed E-state index contributed by atoms with van der Waals surface area (Å²) in [6, 6.07) is 14.9. The van der Waals surface area contributed by atoms with Crippen LogP contribution in [0, 0.1) is 5.92 Å². The van der Waals surface area contributed by atoms with Crippen molar-refractivity contribution in [3.8, 4) is 11.5 Å². The van der Waals surface area contributed by atoms with Gasteiger partial charge in [0.05, 0.1) is 0 Å². The molecule has 1 saturated carbocycles. The number of hydrogen-bond donors (Lipinski definition) is 1. The predicted molar refractivity (Wildman–Crippen MR) is 96.1 cm³/mol. The first-order valence-corrected chi connectivity index (χ1v) is 8.95. The van der Waals surface area contributed by atoms with Crippen LogP contribution in [0.5, 0.6) is 11.5 Å². The molecule has 1 atom stereocenters. The molecule has 1 N–H and O–H groups in total. The number of esters is 1. The molecule has 0 aromatic heterocycles. The highest BCUT2D eigenvalue weighted by molar-refractivity contribution is 5.87. The van der Waals surface area contributed by atoms with Gasteiger partial charge in [-0.2, -0.15) is 0 Å². The molecule has 2 aliphatic rings. The summed E-state index contributed by atoms with van der Waals surface area (Å²) < 4.78 is 11.2. The normalized spacial score (nSPS) is 16.7. The van der Waals surface area contributed by atoms with E-state index in [4.69, 9.17) is 9.47 Å². The van der Waals surface area contributed by atoms with Crippen LogP contribution >= 0.6 is 0 Å². The molecule has 5 heteroatoms. The molecule has 1 heterocycles. The highest BCUT2D eigenvalue weighted by Crippen LogP contribution is 2.44. The number of fused-ring (bicyclic) bond motifs is 2. The molecule has 0 radical (unpaired) electrons. The summed E-state index contributed by atoms with van der Waals surface area (Å²) in [6.45, 7) is 1.72. The Morgan fingerprint density at radius 2 is 1.65 bits per heavy atom. The number of amides is 1. The van der Waals surface area contributed by atoms with Crippen LogP contribution in [0.3, 0.4) is 0 Å². The maximum atomic E-state index is 12.8. The molecule has 1 aliphatic heterocycles. The van der Waals surface area contributed by atoms with E-state index in [0.717, 1.165) is 24.0 Å². The fraction of sp³-hybridized carbons (Fsp3) is 0.333. The zero-order valence-electron chi connectivity index (χ0n) is 14.6. The minimum atomic E-state index is -0.593. The van der Waals surface area contributed by atoms with Gasteiger partial charge in [0.1, 0.15) is 17.4 Å². The van der Waals surface area contributed by atoms with Crippen molar-refractivity contribution in [1.82, 2.24) is 5.32 Å². The Kier molecular flexibility index (Phi) is 4.37. The number of ether oxygens (including phenoxy) is 2. The molecule has 2 aromatic carbocycles. The average molecular weight is 351 g/mol. The monoisotopic (exact) mass is 351 g/mol. The molecule has 0 saturated heterocycles. The molecule has 1 fully saturated rings. The zero-order valence-corrected chi connectivity index (χ0v) is 14.6. The summed E-state index contributed by atoms with van der Waals surface area (Å²) in [4.78, 5) is 24.9. The highest BCUT2D eigenvalue weighted by Gasteiger charge is 2.34. The van der Waals surface area contributed by atoms with Crippen molar-refractivity contribution in [2.45, 2.75) is 31.7 Å². The van der Waals surface area contributed by atoms with Crippen molar-refractivity contribution in [3.63, 3.8) is 0 Å². The summed E-state index contributed by atoms with van der Waals surface area (Å²) >= 11 is 0. The van der Waals surface area contributed by atoms with Crippen LogP contribution in [0.4, 0.5) is 0 Å². The van der Waals surface area contributed by atoms with Gasteiger partial charge < -0.3 is 14.8 Å². The predicted octanol–water partition coefficient (Wildman–Crippen LogP) is 3.38. The van der Waals surface area contributed by atoms with Crippen LogP contribution < -0.4 is 10.1 Å². The minimum Gasteiger partial charge on any atom is -0.457 e. The Labute approximate surface area is 152 Å². The molecular weight excluding hydrogens is 330 g/mol. The lowest BCUT2D eigenvalue weighted by Crippen LogP contribution is -2.37. The Balaban J connectivity index is 1.49. The van der Waals surface area contributed by atoms with Gasteiger partial charge in [0.2, 0.25) is 0 Å². The standard InChI is InChI=1S/C21H21NO4/c1-13(14-10-11-14)22-19(23)12-25-21(24)20-15-6-2-4-8-17(15)26-18-9-5-3-7-16(18)20/h2-9,13-14,20H,10-12H2,1H3,(H,22,23)/t13-/m0/s1. The third-order valence-electron chi connectivity index (χ3n) is 4.98. The van der Waals surface area contributed by atoms with E-state index in [1.54, 1.807) is 0 Å². The van der Waals surface area contributed by atoms with Crippen LogP contribution in [-0.2, 0) is 14.3 Å². The molecule has 0 spiro atoms. The van der Waals surface area contributed by atoms with Gasteiger partial charge in [-0.1, -0.05) is 36.4 Å². The maximum absolute atomic E-state index is 12.8.